The van der Waals surface area contributed by atoms with Crippen LogP contribution in [0.2, 0.25) is 0 Å². The van der Waals surface area contributed by atoms with Crippen LogP contribution < -0.4 is 20.3 Å². The van der Waals surface area contributed by atoms with Gasteiger partial charge in [-0.15, -0.1) is 11.6 Å². The van der Waals surface area contributed by atoms with Gasteiger partial charge in [-0.2, -0.15) is 0 Å². The molecule has 2 rings (SSSR count). The van der Waals surface area contributed by atoms with E-state index in [2.05, 4.69) is 10.6 Å². The summed E-state index contributed by atoms with van der Waals surface area (Å²) in [6, 6.07) is 6.86. The lowest BCUT2D eigenvalue weighted by Gasteiger charge is -2.17. The molecular weight excluding hydrogens is 306 g/mol. The van der Waals surface area contributed by atoms with E-state index in [4.69, 9.17) is 16.3 Å². The van der Waals surface area contributed by atoms with Crippen molar-refractivity contribution in [2.45, 2.75) is 19.4 Å². The fourth-order valence-electron chi connectivity index (χ4n) is 2.34. The predicted octanol–water partition coefficient (Wildman–Crippen LogP) is 1.73. The minimum atomic E-state index is -0.299. The smallest absolute Gasteiger partial charge is 0.315 e. The van der Waals surface area contributed by atoms with Gasteiger partial charge in [-0.25, -0.2) is 4.79 Å². The number of anilines is 1. The molecule has 0 saturated carbocycles. The van der Waals surface area contributed by atoms with E-state index in [-0.39, 0.29) is 18.0 Å². The molecule has 1 saturated heterocycles. The van der Waals surface area contributed by atoms with E-state index in [9.17, 15) is 9.59 Å². The van der Waals surface area contributed by atoms with Gasteiger partial charge in [0.05, 0.1) is 12.6 Å². The molecule has 1 aromatic rings. The summed E-state index contributed by atoms with van der Waals surface area (Å²) in [6.07, 6.45) is 0.293. The van der Waals surface area contributed by atoms with Crippen molar-refractivity contribution >= 4 is 29.2 Å². The lowest BCUT2D eigenvalue weighted by Crippen LogP contribution is -2.43. The Bertz CT molecular complexity index is 521. The molecule has 1 fully saturated rings. The normalized spacial score (nSPS) is 17.5. The number of nitrogens with zero attached hydrogens (tertiary/aromatic N) is 1. The zero-order valence-electron chi connectivity index (χ0n) is 12.5. The third-order valence-electron chi connectivity index (χ3n) is 3.30. The highest BCUT2D eigenvalue weighted by Crippen LogP contribution is 2.24. The van der Waals surface area contributed by atoms with Gasteiger partial charge >= 0.3 is 6.03 Å². The molecule has 7 heteroatoms. The number of halogens is 1. The molecule has 1 heterocycles. The molecule has 120 valence electrons. The van der Waals surface area contributed by atoms with E-state index >= 15 is 0 Å². The number of alkyl halides is 1. The third kappa shape index (κ3) is 4.27. The Morgan fingerprint density at radius 3 is 2.77 bits per heavy atom. The number of ether oxygens (including phenoxy) is 1. The van der Waals surface area contributed by atoms with Crippen molar-refractivity contribution in [2.24, 2.45) is 0 Å². The van der Waals surface area contributed by atoms with Crippen molar-refractivity contribution in [3.05, 3.63) is 24.3 Å². The number of carbonyl (C=O) groups excluding carboxylic acids is 2. The van der Waals surface area contributed by atoms with Crippen molar-refractivity contribution in [2.75, 3.05) is 30.5 Å². The topological polar surface area (TPSA) is 70.7 Å². The number of hydrogen-bond donors (Lipinski definition) is 2. The fraction of sp³-hybridized carbons (Fsp3) is 0.467. The third-order valence-corrected chi connectivity index (χ3v) is 3.49. The summed E-state index contributed by atoms with van der Waals surface area (Å²) in [5.74, 6) is 1.12. The Kier molecular flexibility index (Phi) is 5.89. The standard InChI is InChI=1S/C15H20ClN3O3/c1-2-22-13-5-3-12(4-6-13)19-10-11(9-14(19)20)18-15(21)17-8-7-16/h3-6,11H,2,7-10H2,1H3,(H2,17,18,21)/t11-/m1/s1. The maximum atomic E-state index is 12.1. The average molecular weight is 326 g/mol. The first-order chi connectivity index (χ1) is 10.6. The number of hydrogen-bond acceptors (Lipinski definition) is 3. The van der Waals surface area contributed by atoms with Gasteiger partial charge in [0.15, 0.2) is 0 Å². The summed E-state index contributed by atoms with van der Waals surface area (Å²) >= 11 is 5.51. The molecule has 1 aliphatic rings. The van der Waals surface area contributed by atoms with Gasteiger partial charge in [0.25, 0.3) is 0 Å². The average Bonchev–Trinajstić information content (AvgIpc) is 2.87. The molecule has 0 aliphatic carbocycles. The number of urea groups is 1. The minimum Gasteiger partial charge on any atom is -0.494 e. The SMILES string of the molecule is CCOc1ccc(N2C[C@H](NC(=O)NCCCl)CC2=O)cc1. The second-order valence-corrected chi connectivity index (χ2v) is 5.30. The first kappa shape index (κ1) is 16.4. The minimum absolute atomic E-state index is 0.00759. The molecular formula is C15H20ClN3O3. The van der Waals surface area contributed by atoms with Crippen LogP contribution in [-0.4, -0.2) is 43.6 Å². The maximum Gasteiger partial charge on any atom is 0.315 e. The highest BCUT2D eigenvalue weighted by molar-refractivity contribution is 6.18. The van der Waals surface area contributed by atoms with Crippen LogP contribution in [0.4, 0.5) is 10.5 Å². The van der Waals surface area contributed by atoms with Crippen molar-refractivity contribution in [3.63, 3.8) is 0 Å². The Labute approximate surface area is 134 Å². The number of rotatable bonds is 6. The van der Waals surface area contributed by atoms with E-state index in [1.165, 1.54) is 0 Å². The number of nitrogens with one attached hydrogen (secondary N) is 2. The molecule has 0 aromatic heterocycles. The van der Waals surface area contributed by atoms with Gasteiger partial charge in [0, 0.05) is 31.1 Å². The quantitative estimate of drug-likeness (QED) is 0.782. The molecule has 6 nitrogen and oxygen atoms in total. The van der Waals surface area contributed by atoms with Crippen molar-refractivity contribution in [1.82, 2.24) is 10.6 Å². The molecule has 22 heavy (non-hydrogen) atoms. The largest absolute Gasteiger partial charge is 0.494 e. The molecule has 1 aliphatic heterocycles. The lowest BCUT2D eigenvalue weighted by molar-refractivity contribution is -0.117. The zero-order valence-corrected chi connectivity index (χ0v) is 13.2. The summed E-state index contributed by atoms with van der Waals surface area (Å²) in [7, 11) is 0. The summed E-state index contributed by atoms with van der Waals surface area (Å²) in [5, 5.41) is 5.40. The van der Waals surface area contributed by atoms with E-state index in [1.54, 1.807) is 4.90 Å². The van der Waals surface area contributed by atoms with Gasteiger partial charge < -0.3 is 20.3 Å². The van der Waals surface area contributed by atoms with Crippen LogP contribution in [0, 0.1) is 0 Å². The van der Waals surface area contributed by atoms with Crippen LogP contribution in [0.1, 0.15) is 13.3 Å². The van der Waals surface area contributed by atoms with Gasteiger partial charge in [0.1, 0.15) is 5.75 Å². The van der Waals surface area contributed by atoms with Crippen LogP contribution in [0.25, 0.3) is 0 Å². The first-order valence-electron chi connectivity index (χ1n) is 7.27. The molecule has 0 spiro atoms. The molecule has 2 N–H and O–H groups in total. The molecule has 3 amide bonds. The van der Waals surface area contributed by atoms with Gasteiger partial charge in [0.2, 0.25) is 5.91 Å². The van der Waals surface area contributed by atoms with Crippen LogP contribution >= 0.6 is 11.6 Å². The Morgan fingerprint density at radius 1 is 1.41 bits per heavy atom. The molecule has 0 radical (unpaired) electrons. The maximum absolute atomic E-state index is 12.1. The number of carbonyl (C=O) groups is 2. The molecule has 0 bridgehead atoms. The molecule has 1 atom stereocenters. The number of amides is 3. The molecule has 1 aromatic carbocycles. The predicted molar refractivity (Wildman–Crippen MR) is 85.6 cm³/mol. The monoisotopic (exact) mass is 325 g/mol. The lowest BCUT2D eigenvalue weighted by atomic mass is 10.2. The van der Waals surface area contributed by atoms with Gasteiger partial charge in [-0.3, -0.25) is 4.79 Å². The summed E-state index contributed by atoms with van der Waals surface area (Å²) in [5.41, 5.74) is 0.805. The summed E-state index contributed by atoms with van der Waals surface area (Å²) in [4.78, 5) is 25.4. The Hall–Kier alpha value is -1.95. The van der Waals surface area contributed by atoms with Crippen molar-refractivity contribution in [3.8, 4) is 5.75 Å². The van der Waals surface area contributed by atoms with E-state index in [0.717, 1.165) is 11.4 Å². The highest BCUT2D eigenvalue weighted by Gasteiger charge is 2.31. The van der Waals surface area contributed by atoms with Gasteiger partial charge in [-0.1, -0.05) is 0 Å². The summed E-state index contributed by atoms with van der Waals surface area (Å²) < 4.78 is 5.38. The van der Waals surface area contributed by atoms with E-state index in [0.29, 0.717) is 32.0 Å². The number of benzene rings is 1. The van der Waals surface area contributed by atoms with E-state index in [1.807, 2.05) is 31.2 Å². The van der Waals surface area contributed by atoms with Crippen LogP contribution in [0.15, 0.2) is 24.3 Å². The van der Waals surface area contributed by atoms with Gasteiger partial charge in [-0.05, 0) is 31.2 Å². The first-order valence-corrected chi connectivity index (χ1v) is 7.81. The Morgan fingerprint density at radius 2 is 2.14 bits per heavy atom. The molecule has 0 unspecified atom stereocenters. The summed E-state index contributed by atoms with van der Waals surface area (Å²) in [6.45, 7) is 3.38. The second kappa shape index (κ2) is 7.89. The van der Waals surface area contributed by atoms with Crippen molar-refractivity contribution in [1.29, 1.82) is 0 Å². The zero-order chi connectivity index (χ0) is 15.9. The van der Waals surface area contributed by atoms with E-state index < -0.39 is 0 Å². The second-order valence-electron chi connectivity index (χ2n) is 4.92. The highest BCUT2D eigenvalue weighted by atomic mass is 35.5. The fourth-order valence-corrected chi connectivity index (χ4v) is 2.43. The van der Waals surface area contributed by atoms with Crippen LogP contribution in [0.5, 0.6) is 5.75 Å². The van der Waals surface area contributed by atoms with Crippen LogP contribution in [0.3, 0.4) is 0 Å². The van der Waals surface area contributed by atoms with Crippen molar-refractivity contribution < 1.29 is 14.3 Å². The van der Waals surface area contributed by atoms with Crippen LogP contribution in [-0.2, 0) is 4.79 Å². The Balaban J connectivity index is 1.93.